The molecule has 1 aliphatic heterocycles. The van der Waals surface area contributed by atoms with Crippen LogP contribution in [0.1, 0.15) is 56.1 Å². The highest BCUT2D eigenvalue weighted by Crippen LogP contribution is 2.48. The van der Waals surface area contributed by atoms with Gasteiger partial charge in [-0.2, -0.15) is 4.31 Å². The molecule has 0 amide bonds. The smallest absolute Gasteiger partial charge is 0.207 e. The Bertz CT molecular complexity index is 854. The van der Waals surface area contributed by atoms with Gasteiger partial charge in [0.25, 0.3) is 0 Å². The highest BCUT2D eigenvalue weighted by molar-refractivity contribution is 7.89. The normalized spacial score (nSPS) is 23.3. The van der Waals surface area contributed by atoms with Gasteiger partial charge in [0.2, 0.25) is 10.0 Å². The van der Waals surface area contributed by atoms with Gasteiger partial charge in [0.05, 0.1) is 4.90 Å². The van der Waals surface area contributed by atoms with Crippen LogP contribution in [0.15, 0.2) is 59.5 Å². The largest absolute Gasteiger partial charge is 0.243 e. The summed E-state index contributed by atoms with van der Waals surface area (Å²) in [5.74, 6) is 0.380. The SMILES string of the molecule is C[C@H]1CC2(CCCC2)N(S(=O)(=O)c2ccccc2)Cc2ccccc21. The first-order valence-corrected chi connectivity index (χ1v) is 10.6. The molecule has 1 heterocycles. The predicted octanol–water partition coefficient (Wildman–Crippen LogP) is 4.70. The lowest BCUT2D eigenvalue weighted by molar-refractivity contribution is 0.169. The first-order valence-electron chi connectivity index (χ1n) is 9.19. The number of sulfonamides is 1. The van der Waals surface area contributed by atoms with Gasteiger partial charge in [0, 0.05) is 12.1 Å². The van der Waals surface area contributed by atoms with Crippen molar-refractivity contribution in [2.24, 2.45) is 0 Å². The summed E-state index contributed by atoms with van der Waals surface area (Å²) in [5.41, 5.74) is 2.21. The Morgan fingerprint density at radius 1 is 0.960 bits per heavy atom. The lowest BCUT2D eigenvalue weighted by Gasteiger charge is -2.40. The third kappa shape index (κ3) is 2.81. The number of nitrogens with zero attached hydrogens (tertiary/aromatic N) is 1. The molecule has 0 N–H and O–H groups in total. The Balaban J connectivity index is 1.86. The summed E-state index contributed by atoms with van der Waals surface area (Å²) in [4.78, 5) is 0.410. The van der Waals surface area contributed by atoms with Crippen LogP contribution in [-0.2, 0) is 16.6 Å². The van der Waals surface area contributed by atoms with Gasteiger partial charge in [-0.3, -0.25) is 0 Å². The second-order valence-corrected chi connectivity index (χ2v) is 9.42. The van der Waals surface area contributed by atoms with Gasteiger partial charge in [0.15, 0.2) is 0 Å². The van der Waals surface area contributed by atoms with E-state index in [1.165, 1.54) is 5.56 Å². The van der Waals surface area contributed by atoms with Crippen LogP contribution in [0.3, 0.4) is 0 Å². The molecule has 0 saturated heterocycles. The fourth-order valence-electron chi connectivity index (χ4n) is 4.81. The summed E-state index contributed by atoms with van der Waals surface area (Å²) >= 11 is 0. The van der Waals surface area contributed by atoms with E-state index in [4.69, 9.17) is 0 Å². The van der Waals surface area contributed by atoms with Crippen molar-refractivity contribution in [3.63, 3.8) is 0 Å². The first kappa shape index (κ1) is 16.8. The molecule has 2 aromatic carbocycles. The number of fused-ring (bicyclic) bond motifs is 1. The minimum absolute atomic E-state index is 0.243. The van der Waals surface area contributed by atoms with Gasteiger partial charge in [-0.15, -0.1) is 0 Å². The molecule has 1 spiro atoms. The van der Waals surface area contributed by atoms with E-state index in [0.29, 0.717) is 17.4 Å². The van der Waals surface area contributed by atoms with Crippen molar-refractivity contribution in [2.45, 2.75) is 61.9 Å². The molecule has 0 bridgehead atoms. The average molecular weight is 356 g/mol. The molecule has 132 valence electrons. The average Bonchev–Trinajstić information content (AvgIpc) is 3.04. The zero-order valence-electron chi connectivity index (χ0n) is 14.7. The van der Waals surface area contributed by atoms with Gasteiger partial charge in [-0.05, 0) is 48.4 Å². The van der Waals surface area contributed by atoms with Crippen molar-refractivity contribution >= 4 is 10.0 Å². The van der Waals surface area contributed by atoms with Crippen molar-refractivity contribution < 1.29 is 8.42 Å². The second kappa shape index (κ2) is 6.26. The summed E-state index contributed by atoms with van der Waals surface area (Å²) in [5, 5.41) is 0. The molecule has 1 atom stereocenters. The lowest BCUT2D eigenvalue weighted by Crippen LogP contribution is -2.49. The molecule has 4 rings (SSSR count). The van der Waals surface area contributed by atoms with Gasteiger partial charge in [-0.1, -0.05) is 62.2 Å². The zero-order chi connectivity index (χ0) is 17.5. The first-order chi connectivity index (χ1) is 12.0. The Labute approximate surface area is 150 Å². The van der Waals surface area contributed by atoms with Crippen molar-refractivity contribution in [1.82, 2.24) is 4.31 Å². The highest BCUT2D eigenvalue weighted by Gasteiger charge is 2.48. The van der Waals surface area contributed by atoms with Crippen LogP contribution in [-0.4, -0.2) is 18.3 Å². The van der Waals surface area contributed by atoms with Crippen LogP contribution in [0.4, 0.5) is 0 Å². The van der Waals surface area contributed by atoms with Crippen LogP contribution in [0, 0.1) is 0 Å². The zero-order valence-corrected chi connectivity index (χ0v) is 15.5. The molecule has 0 aromatic heterocycles. The van der Waals surface area contributed by atoms with E-state index >= 15 is 0 Å². The van der Waals surface area contributed by atoms with E-state index in [-0.39, 0.29) is 5.54 Å². The Morgan fingerprint density at radius 2 is 1.60 bits per heavy atom. The van der Waals surface area contributed by atoms with Crippen LogP contribution in [0.5, 0.6) is 0 Å². The topological polar surface area (TPSA) is 37.4 Å². The number of hydrogen-bond acceptors (Lipinski definition) is 2. The minimum atomic E-state index is -3.51. The van der Waals surface area contributed by atoms with E-state index in [1.807, 2.05) is 28.6 Å². The van der Waals surface area contributed by atoms with Gasteiger partial charge in [0.1, 0.15) is 0 Å². The molecule has 3 nitrogen and oxygen atoms in total. The number of benzene rings is 2. The van der Waals surface area contributed by atoms with E-state index < -0.39 is 10.0 Å². The molecular weight excluding hydrogens is 330 g/mol. The minimum Gasteiger partial charge on any atom is -0.207 e. The predicted molar refractivity (Wildman–Crippen MR) is 99.8 cm³/mol. The molecule has 2 aromatic rings. The van der Waals surface area contributed by atoms with E-state index in [1.54, 1.807) is 12.1 Å². The summed E-state index contributed by atoms with van der Waals surface area (Å²) in [6.07, 6.45) is 5.08. The Morgan fingerprint density at radius 3 is 2.32 bits per heavy atom. The monoisotopic (exact) mass is 355 g/mol. The third-order valence-corrected chi connectivity index (χ3v) is 7.95. The van der Waals surface area contributed by atoms with Gasteiger partial charge < -0.3 is 0 Å². The Kier molecular flexibility index (Phi) is 4.20. The summed E-state index contributed by atoms with van der Waals surface area (Å²) < 4.78 is 28.9. The second-order valence-electron chi connectivity index (χ2n) is 7.56. The van der Waals surface area contributed by atoms with Crippen LogP contribution < -0.4 is 0 Å². The van der Waals surface area contributed by atoms with Crippen LogP contribution >= 0.6 is 0 Å². The van der Waals surface area contributed by atoms with Crippen molar-refractivity contribution in [1.29, 1.82) is 0 Å². The van der Waals surface area contributed by atoms with Crippen molar-refractivity contribution in [3.8, 4) is 0 Å². The van der Waals surface area contributed by atoms with Gasteiger partial charge in [-0.25, -0.2) is 8.42 Å². The fraction of sp³-hybridized carbons (Fsp3) is 0.429. The maximum Gasteiger partial charge on any atom is 0.243 e. The molecule has 1 aliphatic carbocycles. The number of hydrogen-bond donors (Lipinski definition) is 0. The fourth-order valence-corrected chi connectivity index (χ4v) is 6.64. The van der Waals surface area contributed by atoms with E-state index in [2.05, 4.69) is 25.1 Å². The molecule has 4 heteroatoms. The summed E-state index contributed by atoms with van der Waals surface area (Å²) in [6.45, 7) is 2.73. The molecule has 1 fully saturated rings. The van der Waals surface area contributed by atoms with E-state index in [9.17, 15) is 8.42 Å². The summed E-state index contributed by atoms with van der Waals surface area (Å²) in [6, 6.07) is 17.3. The molecular formula is C21H25NO2S. The van der Waals surface area contributed by atoms with E-state index in [0.717, 1.165) is 37.7 Å². The highest BCUT2D eigenvalue weighted by atomic mass is 32.2. The maximum atomic E-state index is 13.5. The maximum absolute atomic E-state index is 13.5. The third-order valence-electron chi connectivity index (χ3n) is 5.98. The molecule has 2 aliphatic rings. The molecule has 1 saturated carbocycles. The lowest BCUT2D eigenvalue weighted by atomic mass is 9.84. The molecule has 0 unspecified atom stereocenters. The molecule has 25 heavy (non-hydrogen) atoms. The van der Waals surface area contributed by atoms with Crippen LogP contribution in [0.25, 0.3) is 0 Å². The molecule has 0 radical (unpaired) electrons. The van der Waals surface area contributed by atoms with Crippen LogP contribution in [0.2, 0.25) is 0 Å². The van der Waals surface area contributed by atoms with Gasteiger partial charge >= 0.3 is 0 Å². The Hall–Kier alpha value is -1.65. The summed E-state index contributed by atoms with van der Waals surface area (Å²) in [7, 11) is -3.51. The van der Waals surface area contributed by atoms with Crippen molar-refractivity contribution in [2.75, 3.05) is 0 Å². The van der Waals surface area contributed by atoms with Crippen molar-refractivity contribution in [3.05, 3.63) is 65.7 Å². The standard InChI is InChI=1S/C21H25NO2S/c1-17-15-21(13-7-8-14-21)22(16-18-9-5-6-12-20(17)18)25(23,24)19-10-3-2-4-11-19/h2-6,9-12,17H,7-8,13-16H2,1H3/t17-/m0/s1. The quantitative estimate of drug-likeness (QED) is 0.783. The number of rotatable bonds is 2.